The number of alkyl halides is 3. The van der Waals surface area contributed by atoms with Gasteiger partial charge in [-0.3, -0.25) is 9.59 Å². The van der Waals surface area contributed by atoms with Gasteiger partial charge in [-0.15, -0.1) is 11.3 Å². The molecule has 12 heteroatoms. The highest BCUT2D eigenvalue weighted by atomic mass is 32.2. The molecule has 2 saturated heterocycles. The average Bonchev–Trinajstić information content (AvgIpc) is 3.26. The predicted molar refractivity (Wildman–Crippen MR) is 148 cm³/mol. The van der Waals surface area contributed by atoms with Crippen LogP contribution in [0.3, 0.4) is 0 Å². The summed E-state index contributed by atoms with van der Waals surface area (Å²) in [6, 6.07) is 0. The van der Waals surface area contributed by atoms with Crippen LogP contribution in [0.5, 0.6) is 0 Å². The lowest BCUT2D eigenvalue weighted by Gasteiger charge is -2.34. The first-order valence-electron chi connectivity index (χ1n) is 13.5. The summed E-state index contributed by atoms with van der Waals surface area (Å²) in [4.78, 5) is 30.5. The topological polar surface area (TPSA) is 109 Å². The van der Waals surface area contributed by atoms with E-state index < -0.39 is 59.6 Å². The zero-order valence-electron chi connectivity index (χ0n) is 23.8. The van der Waals surface area contributed by atoms with E-state index in [0.717, 1.165) is 24.2 Å². The van der Waals surface area contributed by atoms with Gasteiger partial charge in [-0.25, -0.2) is 4.98 Å². The molecule has 0 aliphatic carbocycles. The zero-order chi connectivity index (χ0) is 30.0. The van der Waals surface area contributed by atoms with Crippen molar-refractivity contribution >= 4 is 40.9 Å². The number of hydrogen-bond acceptors (Lipinski definition) is 9. The standard InChI is InChI=1S/C28H40F3NO6S2/c1-15-8-7-9-27(6)21(38-27)11-19(16(2)10-18-13-39-25(32-18)40-14-28(29,30)31)37-22(34)12-20(33)26(4,5)24(36)17(3)23(15)35/h10,13,15,17,19-21,23,33,35H,7-9,11-12,14H2,1-6H3/b16-10+/t15-,17+,19-,20-,21-,23?,27+/m0/s1. The van der Waals surface area contributed by atoms with Crippen LogP contribution in [0.4, 0.5) is 13.2 Å². The first kappa shape index (κ1) is 33.0. The van der Waals surface area contributed by atoms with Crippen molar-refractivity contribution in [1.29, 1.82) is 0 Å². The number of aliphatic hydroxyl groups is 2. The van der Waals surface area contributed by atoms with Crippen LogP contribution < -0.4 is 0 Å². The zero-order valence-corrected chi connectivity index (χ0v) is 25.4. The van der Waals surface area contributed by atoms with Crippen molar-refractivity contribution in [3.63, 3.8) is 0 Å². The number of esters is 1. The number of carbonyl (C=O) groups is 2. The summed E-state index contributed by atoms with van der Waals surface area (Å²) in [6.07, 6.45) is -3.58. The van der Waals surface area contributed by atoms with Crippen molar-refractivity contribution in [1.82, 2.24) is 4.98 Å². The number of Topliss-reactive ketones (excluding diaryl/α,β-unsaturated/α-hetero) is 1. The van der Waals surface area contributed by atoms with E-state index >= 15 is 0 Å². The second-order valence-corrected chi connectivity index (χ2v) is 14.0. The Balaban J connectivity index is 1.82. The second kappa shape index (κ2) is 12.8. The van der Waals surface area contributed by atoms with E-state index in [1.807, 2.05) is 13.8 Å². The fourth-order valence-electron chi connectivity index (χ4n) is 5.17. The van der Waals surface area contributed by atoms with Gasteiger partial charge >= 0.3 is 12.1 Å². The Morgan fingerprint density at radius 3 is 2.58 bits per heavy atom. The molecule has 3 rings (SSSR count). The highest BCUT2D eigenvalue weighted by Gasteiger charge is 2.53. The second-order valence-electron chi connectivity index (χ2n) is 11.9. The maximum absolute atomic E-state index is 13.3. The van der Waals surface area contributed by atoms with Gasteiger partial charge in [0.05, 0.1) is 47.2 Å². The Hall–Kier alpha value is -1.47. The first-order valence-corrected chi connectivity index (χ1v) is 15.4. The summed E-state index contributed by atoms with van der Waals surface area (Å²) in [7, 11) is 0. The Bertz CT molecular complexity index is 1090. The number of ether oxygens (including phenoxy) is 2. The minimum absolute atomic E-state index is 0.138. The highest BCUT2D eigenvalue weighted by Crippen LogP contribution is 2.45. The maximum atomic E-state index is 13.3. The van der Waals surface area contributed by atoms with Gasteiger partial charge in [-0.1, -0.05) is 45.9 Å². The van der Waals surface area contributed by atoms with Crippen molar-refractivity contribution in [3.05, 3.63) is 16.6 Å². The molecule has 0 amide bonds. The van der Waals surface area contributed by atoms with Crippen LogP contribution in [0.15, 0.2) is 15.3 Å². The predicted octanol–water partition coefficient (Wildman–Crippen LogP) is 5.82. The van der Waals surface area contributed by atoms with E-state index in [1.54, 1.807) is 39.2 Å². The number of aliphatic hydroxyl groups excluding tert-OH is 2. The molecule has 0 bridgehead atoms. The fourth-order valence-corrected chi connectivity index (χ4v) is 6.72. The molecule has 2 aliphatic rings. The molecule has 0 aromatic carbocycles. The summed E-state index contributed by atoms with van der Waals surface area (Å²) in [6.45, 7) is 10.4. The van der Waals surface area contributed by atoms with Gasteiger partial charge < -0.3 is 19.7 Å². The third-order valence-electron chi connectivity index (χ3n) is 8.15. The molecule has 3 heterocycles. The quantitative estimate of drug-likeness (QED) is 0.250. The number of hydrogen-bond donors (Lipinski definition) is 2. The molecule has 1 unspecified atom stereocenters. The van der Waals surface area contributed by atoms with Gasteiger partial charge in [0.15, 0.2) is 4.34 Å². The van der Waals surface area contributed by atoms with Crippen LogP contribution in [0.2, 0.25) is 0 Å². The van der Waals surface area contributed by atoms with E-state index in [4.69, 9.17) is 9.47 Å². The number of halogens is 3. The Kier molecular flexibility index (Phi) is 10.6. The SMILES string of the molecule is C/C(=C\c1csc(SCC(F)(F)F)n1)[C@@H]1C[C@@H]2O[C@]2(C)CCC[C@H](C)C(O)[C@@H](C)C(=O)C(C)(C)[C@@H](O)CC(=O)O1. The molecule has 0 radical (unpaired) electrons. The average molecular weight is 608 g/mol. The van der Waals surface area contributed by atoms with E-state index in [-0.39, 0.29) is 22.1 Å². The smallest absolute Gasteiger partial charge is 0.398 e. The summed E-state index contributed by atoms with van der Waals surface area (Å²) < 4.78 is 49.8. The summed E-state index contributed by atoms with van der Waals surface area (Å²) in [5.41, 5.74) is -0.611. The lowest BCUT2D eigenvalue weighted by atomic mass is 9.73. The molecule has 2 aliphatic heterocycles. The molecule has 7 nitrogen and oxygen atoms in total. The van der Waals surface area contributed by atoms with Crippen molar-refractivity contribution in [2.45, 2.75) is 114 Å². The number of thioether (sulfide) groups is 1. The molecular weight excluding hydrogens is 567 g/mol. The van der Waals surface area contributed by atoms with Gasteiger partial charge in [0.1, 0.15) is 11.9 Å². The molecule has 1 aromatic heterocycles. The van der Waals surface area contributed by atoms with E-state index in [0.29, 0.717) is 35.9 Å². The summed E-state index contributed by atoms with van der Waals surface area (Å²) >= 11 is 1.72. The first-order chi connectivity index (χ1) is 18.4. The number of nitrogens with zero attached hydrogens (tertiary/aromatic N) is 1. The molecule has 226 valence electrons. The highest BCUT2D eigenvalue weighted by molar-refractivity contribution is 8.01. The summed E-state index contributed by atoms with van der Waals surface area (Å²) in [5, 5.41) is 23.4. The van der Waals surface area contributed by atoms with Crippen LogP contribution in [0.1, 0.15) is 79.3 Å². The number of epoxide rings is 1. The summed E-state index contributed by atoms with van der Waals surface area (Å²) in [5.74, 6) is -2.91. The van der Waals surface area contributed by atoms with Crippen LogP contribution in [-0.2, 0) is 19.1 Å². The molecule has 2 N–H and O–H groups in total. The van der Waals surface area contributed by atoms with E-state index in [1.165, 1.54) is 0 Å². The number of aromatic nitrogens is 1. The van der Waals surface area contributed by atoms with E-state index in [9.17, 15) is 33.0 Å². The Morgan fingerprint density at radius 1 is 1.25 bits per heavy atom. The van der Waals surface area contributed by atoms with Crippen LogP contribution in [-0.4, -0.2) is 68.9 Å². The number of carbonyl (C=O) groups excluding carboxylic acids is 2. The fraction of sp³-hybridized carbons (Fsp3) is 0.750. The minimum Gasteiger partial charge on any atom is -0.458 e. The van der Waals surface area contributed by atoms with Crippen molar-refractivity contribution in [2.24, 2.45) is 17.3 Å². The lowest BCUT2D eigenvalue weighted by Crippen LogP contribution is -2.45. The minimum atomic E-state index is -4.29. The molecule has 1 aromatic rings. The van der Waals surface area contributed by atoms with Crippen LogP contribution in [0, 0.1) is 17.3 Å². The van der Waals surface area contributed by atoms with Gasteiger partial charge in [-0.05, 0) is 44.3 Å². The van der Waals surface area contributed by atoms with Gasteiger partial charge in [0, 0.05) is 17.7 Å². The monoisotopic (exact) mass is 607 g/mol. The largest absolute Gasteiger partial charge is 0.458 e. The van der Waals surface area contributed by atoms with Crippen molar-refractivity contribution in [3.8, 4) is 0 Å². The molecule has 40 heavy (non-hydrogen) atoms. The number of ketones is 1. The van der Waals surface area contributed by atoms with Gasteiger partial charge in [0.25, 0.3) is 0 Å². The van der Waals surface area contributed by atoms with E-state index in [2.05, 4.69) is 4.98 Å². The molecule has 0 spiro atoms. The lowest BCUT2D eigenvalue weighted by molar-refractivity contribution is -0.154. The molecule has 2 fully saturated rings. The van der Waals surface area contributed by atoms with Crippen molar-refractivity contribution in [2.75, 3.05) is 5.75 Å². The van der Waals surface area contributed by atoms with Gasteiger partial charge in [-0.2, -0.15) is 13.2 Å². The maximum Gasteiger partial charge on any atom is 0.398 e. The number of rotatable bonds is 4. The third-order valence-corrected chi connectivity index (χ3v) is 10.3. The Morgan fingerprint density at radius 2 is 1.93 bits per heavy atom. The van der Waals surface area contributed by atoms with Crippen LogP contribution in [0.25, 0.3) is 6.08 Å². The molecular formula is C28H40F3NO6S2. The Labute approximate surface area is 241 Å². The third kappa shape index (κ3) is 8.53. The van der Waals surface area contributed by atoms with Crippen LogP contribution >= 0.6 is 23.1 Å². The number of cyclic esters (lactones) is 1. The van der Waals surface area contributed by atoms with Gasteiger partial charge in [0.2, 0.25) is 0 Å². The number of fused-ring (bicyclic) bond motifs is 1. The molecule has 0 saturated carbocycles. The van der Waals surface area contributed by atoms with Crippen molar-refractivity contribution < 1.29 is 42.4 Å². The normalized spacial score (nSPS) is 34.7. The molecule has 7 atom stereocenters. The number of thiazole rings is 1.